The molecule has 0 fully saturated rings. The maximum atomic E-state index is 6.47. The number of hydrogen-bond acceptors (Lipinski definition) is 1. The van der Waals surface area contributed by atoms with Crippen LogP contribution in [0, 0.1) is 0 Å². The number of nitrogens with one attached hydrogen (secondary N) is 1. The second kappa shape index (κ2) is 5.53. The SMILES string of the molecule is CCc1ccnc(-c2cc3[nH]c(C(C)C)cc3cc2Cl)c1. The first kappa shape index (κ1) is 14.2. The number of fused-ring (bicyclic) bond motifs is 1. The quantitative estimate of drug-likeness (QED) is 0.673. The molecule has 1 aromatic carbocycles. The Hall–Kier alpha value is -1.80. The standard InChI is InChI=1S/C18H19ClN2/c1-4-12-5-6-20-18(7-12)14-10-17-13(8-15(14)19)9-16(21-17)11(2)3/h5-11,21H,4H2,1-3H3. The van der Waals surface area contributed by atoms with Gasteiger partial charge in [-0.2, -0.15) is 0 Å². The molecule has 3 heteroatoms. The van der Waals surface area contributed by atoms with Crippen LogP contribution in [0.25, 0.3) is 22.2 Å². The van der Waals surface area contributed by atoms with E-state index in [4.69, 9.17) is 11.6 Å². The summed E-state index contributed by atoms with van der Waals surface area (Å²) in [4.78, 5) is 7.94. The summed E-state index contributed by atoms with van der Waals surface area (Å²) in [6, 6.07) is 10.5. The lowest BCUT2D eigenvalue weighted by molar-refractivity contribution is 0.836. The van der Waals surface area contributed by atoms with E-state index in [0.717, 1.165) is 33.6 Å². The van der Waals surface area contributed by atoms with Crippen molar-refractivity contribution in [2.75, 3.05) is 0 Å². The summed E-state index contributed by atoms with van der Waals surface area (Å²) in [6.45, 7) is 6.50. The van der Waals surface area contributed by atoms with Gasteiger partial charge in [0.25, 0.3) is 0 Å². The normalized spacial score (nSPS) is 11.5. The van der Waals surface area contributed by atoms with Crippen molar-refractivity contribution in [2.24, 2.45) is 0 Å². The lowest BCUT2D eigenvalue weighted by Gasteiger charge is -2.06. The van der Waals surface area contributed by atoms with Gasteiger partial charge < -0.3 is 4.98 Å². The number of aromatic amines is 1. The number of benzene rings is 1. The maximum Gasteiger partial charge on any atom is 0.0720 e. The van der Waals surface area contributed by atoms with Gasteiger partial charge in [-0.05, 0) is 48.2 Å². The van der Waals surface area contributed by atoms with E-state index in [0.29, 0.717) is 5.92 Å². The van der Waals surface area contributed by atoms with E-state index in [1.165, 1.54) is 11.3 Å². The van der Waals surface area contributed by atoms with Crippen LogP contribution in [0.2, 0.25) is 5.02 Å². The van der Waals surface area contributed by atoms with Gasteiger partial charge in [0.15, 0.2) is 0 Å². The number of nitrogens with zero attached hydrogens (tertiary/aromatic N) is 1. The number of aryl methyl sites for hydroxylation is 1. The summed E-state index contributed by atoms with van der Waals surface area (Å²) in [7, 11) is 0. The van der Waals surface area contributed by atoms with Gasteiger partial charge in [0.1, 0.15) is 0 Å². The molecular weight excluding hydrogens is 280 g/mol. The molecule has 3 rings (SSSR count). The van der Waals surface area contributed by atoms with Gasteiger partial charge in [-0.3, -0.25) is 4.98 Å². The van der Waals surface area contributed by atoms with Gasteiger partial charge in [-0.15, -0.1) is 0 Å². The zero-order chi connectivity index (χ0) is 15.0. The molecule has 2 heterocycles. The highest BCUT2D eigenvalue weighted by Gasteiger charge is 2.11. The molecule has 0 aliphatic rings. The average molecular weight is 299 g/mol. The number of halogens is 1. The minimum atomic E-state index is 0.473. The fraction of sp³-hybridized carbons (Fsp3) is 0.278. The molecule has 0 spiro atoms. The van der Waals surface area contributed by atoms with Crippen LogP contribution < -0.4 is 0 Å². The molecule has 2 aromatic heterocycles. The van der Waals surface area contributed by atoms with Crippen LogP contribution in [0.15, 0.2) is 36.5 Å². The van der Waals surface area contributed by atoms with E-state index in [1.807, 2.05) is 18.3 Å². The molecule has 0 radical (unpaired) electrons. The Kier molecular flexibility index (Phi) is 3.73. The van der Waals surface area contributed by atoms with E-state index in [1.54, 1.807) is 0 Å². The first-order valence-corrected chi connectivity index (χ1v) is 7.73. The van der Waals surface area contributed by atoms with E-state index < -0.39 is 0 Å². The minimum absolute atomic E-state index is 0.473. The fourth-order valence-electron chi connectivity index (χ4n) is 2.52. The minimum Gasteiger partial charge on any atom is -0.358 e. The molecule has 0 unspecified atom stereocenters. The Morgan fingerprint density at radius 1 is 1.19 bits per heavy atom. The third-order valence-corrected chi connectivity index (χ3v) is 4.17. The zero-order valence-corrected chi connectivity index (χ0v) is 13.3. The molecule has 0 saturated carbocycles. The highest BCUT2D eigenvalue weighted by atomic mass is 35.5. The van der Waals surface area contributed by atoms with E-state index >= 15 is 0 Å². The second-order valence-electron chi connectivity index (χ2n) is 5.70. The second-order valence-corrected chi connectivity index (χ2v) is 6.11. The molecule has 3 aromatic rings. The highest BCUT2D eigenvalue weighted by molar-refractivity contribution is 6.34. The maximum absolute atomic E-state index is 6.47. The van der Waals surface area contributed by atoms with E-state index in [-0.39, 0.29) is 0 Å². The number of rotatable bonds is 3. The zero-order valence-electron chi connectivity index (χ0n) is 12.6. The van der Waals surface area contributed by atoms with Gasteiger partial charge in [-0.1, -0.05) is 32.4 Å². The summed E-state index contributed by atoms with van der Waals surface area (Å²) in [5, 5.41) is 1.90. The van der Waals surface area contributed by atoms with Crippen molar-refractivity contribution in [3.8, 4) is 11.3 Å². The Bertz CT molecular complexity index is 787. The van der Waals surface area contributed by atoms with Crippen molar-refractivity contribution in [3.05, 3.63) is 52.8 Å². The van der Waals surface area contributed by atoms with Crippen molar-refractivity contribution in [1.29, 1.82) is 0 Å². The van der Waals surface area contributed by atoms with E-state index in [9.17, 15) is 0 Å². The molecule has 2 nitrogen and oxygen atoms in total. The van der Waals surface area contributed by atoms with E-state index in [2.05, 4.69) is 48.9 Å². The van der Waals surface area contributed by atoms with Crippen LogP contribution >= 0.6 is 11.6 Å². The Labute approximate surface area is 130 Å². The van der Waals surface area contributed by atoms with Crippen LogP contribution in [-0.4, -0.2) is 9.97 Å². The Balaban J connectivity index is 2.15. The molecule has 0 saturated heterocycles. The van der Waals surface area contributed by atoms with Gasteiger partial charge in [-0.25, -0.2) is 0 Å². The van der Waals surface area contributed by atoms with Gasteiger partial charge in [0.05, 0.1) is 10.7 Å². The van der Waals surface area contributed by atoms with Crippen molar-refractivity contribution >= 4 is 22.5 Å². The van der Waals surface area contributed by atoms with Crippen LogP contribution in [-0.2, 0) is 6.42 Å². The van der Waals surface area contributed by atoms with Crippen LogP contribution in [0.5, 0.6) is 0 Å². The summed E-state index contributed by atoms with van der Waals surface area (Å²) in [5.74, 6) is 0.473. The highest BCUT2D eigenvalue weighted by Crippen LogP contribution is 2.32. The smallest absolute Gasteiger partial charge is 0.0720 e. The predicted molar refractivity (Wildman–Crippen MR) is 90.0 cm³/mol. The molecular formula is C18H19ClN2. The molecule has 0 amide bonds. The van der Waals surface area contributed by atoms with Crippen LogP contribution in [0.1, 0.15) is 37.9 Å². The number of pyridine rings is 1. The first-order chi connectivity index (χ1) is 10.1. The topological polar surface area (TPSA) is 28.7 Å². The molecule has 0 aliphatic carbocycles. The lowest BCUT2D eigenvalue weighted by atomic mass is 10.1. The summed E-state index contributed by atoms with van der Waals surface area (Å²) in [5.41, 5.74) is 5.53. The van der Waals surface area contributed by atoms with Gasteiger partial charge in [0, 0.05) is 28.4 Å². The third-order valence-electron chi connectivity index (χ3n) is 3.86. The van der Waals surface area contributed by atoms with Crippen molar-refractivity contribution in [2.45, 2.75) is 33.1 Å². The number of H-pyrrole nitrogens is 1. The van der Waals surface area contributed by atoms with Crippen LogP contribution in [0.3, 0.4) is 0 Å². The fourth-order valence-corrected chi connectivity index (χ4v) is 2.79. The Morgan fingerprint density at radius 2 is 2.00 bits per heavy atom. The lowest BCUT2D eigenvalue weighted by Crippen LogP contribution is -1.88. The summed E-state index contributed by atoms with van der Waals surface area (Å²) >= 11 is 6.47. The monoisotopic (exact) mass is 298 g/mol. The molecule has 108 valence electrons. The molecule has 0 aliphatic heterocycles. The van der Waals surface area contributed by atoms with Crippen molar-refractivity contribution in [3.63, 3.8) is 0 Å². The molecule has 1 N–H and O–H groups in total. The van der Waals surface area contributed by atoms with Crippen molar-refractivity contribution < 1.29 is 0 Å². The molecule has 21 heavy (non-hydrogen) atoms. The van der Waals surface area contributed by atoms with Crippen LogP contribution in [0.4, 0.5) is 0 Å². The average Bonchev–Trinajstić information content (AvgIpc) is 2.89. The molecule has 0 bridgehead atoms. The predicted octanol–water partition coefficient (Wildman–Crippen LogP) is 5.57. The van der Waals surface area contributed by atoms with Gasteiger partial charge >= 0.3 is 0 Å². The molecule has 0 atom stereocenters. The van der Waals surface area contributed by atoms with Crippen molar-refractivity contribution in [1.82, 2.24) is 9.97 Å². The summed E-state index contributed by atoms with van der Waals surface area (Å²) in [6.07, 6.45) is 2.85. The summed E-state index contributed by atoms with van der Waals surface area (Å²) < 4.78 is 0. The third kappa shape index (κ3) is 2.68. The van der Waals surface area contributed by atoms with Gasteiger partial charge in [0.2, 0.25) is 0 Å². The first-order valence-electron chi connectivity index (χ1n) is 7.36. The number of hydrogen-bond donors (Lipinski definition) is 1. The largest absolute Gasteiger partial charge is 0.358 e. The number of aromatic nitrogens is 2. The Morgan fingerprint density at radius 3 is 2.71 bits per heavy atom.